The molecular weight excluding hydrogens is 1890 g/mol. The first-order chi connectivity index (χ1) is 74.3. The molecule has 702 valence electrons. The van der Waals surface area contributed by atoms with Crippen molar-refractivity contribution in [1.82, 2.24) is 44.9 Å². The smallest absolute Gasteiger partial charge is 0.161 e. The van der Waals surface area contributed by atoms with Gasteiger partial charge in [0, 0.05) is 195 Å². The van der Waals surface area contributed by atoms with E-state index >= 15 is 0 Å². The van der Waals surface area contributed by atoms with Crippen molar-refractivity contribution in [2.75, 3.05) is 0 Å². The minimum atomic E-state index is 0.645. The van der Waals surface area contributed by atoms with Crippen molar-refractivity contribution < 1.29 is 13.3 Å². The number of aromatic nitrogens is 9. The van der Waals surface area contributed by atoms with Crippen molar-refractivity contribution in [1.29, 1.82) is 0 Å². The Bertz CT molecular complexity index is 9570. The summed E-state index contributed by atoms with van der Waals surface area (Å²) in [6.07, 6.45) is 5.46. The molecule has 18 aromatic carbocycles. The van der Waals surface area contributed by atoms with Gasteiger partial charge < -0.3 is 13.3 Å². The molecule has 0 fully saturated rings. The molecule has 0 saturated heterocycles. The Kier molecular flexibility index (Phi) is 22.2. The van der Waals surface area contributed by atoms with Crippen LogP contribution in [0.25, 0.3) is 295 Å². The van der Waals surface area contributed by atoms with Crippen LogP contribution in [0.15, 0.2) is 505 Å². The lowest BCUT2D eigenvalue weighted by Crippen LogP contribution is -1.97. The van der Waals surface area contributed by atoms with Crippen molar-refractivity contribution in [3.05, 3.63) is 492 Å². The Labute approximate surface area is 872 Å². The van der Waals surface area contributed by atoms with Crippen LogP contribution < -0.4 is 0 Å². The molecule has 15 heteroatoms. The molecule has 0 aliphatic carbocycles. The molecule has 0 bridgehead atoms. The molecule has 0 spiro atoms. The Morgan fingerprint density at radius 2 is 0.407 bits per heavy atom. The van der Waals surface area contributed by atoms with Crippen molar-refractivity contribution in [2.24, 2.45) is 0 Å². The number of nitrogens with zero attached hydrogens (tertiary/aromatic N) is 9. The van der Waals surface area contributed by atoms with Gasteiger partial charge in [0.2, 0.25) is 0 Å². The van der Waals surface area contributed by atoms with Crippen LogP contribution in [0.2, 0.25) is 0 Å². The van der Waals surface area contributed by atoms with Gasteiger partial charge in [0.05, 0.1) is 51.2 Å². The first-order valence-electron chi connectivity index (χ1n) is 49.8. The molecular formula is C135H81N9O3S3. The van der Waals surface area contributed by atoms with Crippen molar-refractivity contribution in [3.63, 3.8) is 0 Å². The number of hydrogen-bond donors (Lipinski definition) is 0. The van der Waals surface area contributed by atoms with Crippen LogP contribution in [0.1, 0.15) is 0 Å². The summed E-state index contributed by atoms with van der Waals surface area (Å²) in [6, 6.07) is 164. The van der Waals surface area contributed by atoms with Crippen LogP contribution in [0, 0.1) is 0 Å². The van der Waals surface area contributed by atoms with Gasteiger partial charge in [-0.25, -0.2) is 29.9 Å². The van der Waals surface area contributed by atoms with Gasteiger partial charge in [-0.15, -0.1) is 34.0 Å². The van der Waals surface area contributed by atoms with E-state index in [1.807, 2.05) is 204 Å². The largest absolute Gasteiger partial charge is 0.455 e. The molecule has 12 aromatic heterocycles. The van der Waals surface area contributed by atoms with E-state index in [0.717, 1.165) is 217 Å². The number of para-hydroxylation sites is 3. The third-order valence-corrected chi connectivity index (χ3v) is 31.5. The molecule has 0 N–H and O–H groups in total. The van der Waals surface area contributed by atoms with Gasteiger partial charge in [0.25, 0.3) is 0 Å². The maximum absolute atomic E-state index is 6.79. The fourth-order valence-electron chi connectivity index (χ4n) is 21.2. The number of rotatable bonds is 15. The first kappa shape index (κ1) is 88.4. The van der Waals surface area contributed by atoms with E-state index in [-0.39, 0.29) is 0 Å². The van der Waals surface area contributed by atoms with Crippen LogP contribution in [-0.2, 0) is 0 Å². The van der Waals surface area contributed by atoms with Gasteiger partial charge in [-0.1, -0.05) is 322 Å². The Hall–Kier alpha value is -19.3. The van der Waals surface area contributed by atoms with Crippen molar-refractivity contribution in [2.45, 2.75) is 0 Å². The average molecular weight is 1970 g/mol. The van der Waals surface area contributed by atoms with Gasteiger partial charge in [-0.3, -0.25) is 15.0 Å². The zero-order valence-corrected chi connectivity index (χ0v) is 82.7. The van der Waals surface area contributed by atoms with E-state index in [0.29, 0.717) is 17.5 Å². The number of benzene rings is 18. The van der Waals surface area contributed by atoms with Crippen LogP contribution in [0.4, 0.5) is 0 Å². The number of pyridine rings is 3. The number of furan rings is 3. The van der Waals surface area contributed by atoms with Gasteiger partial charge in [-0.2, -0.15) is 0 Å². The third-order valence-electron chi connectivity index (χ3n) is 28.1. The van der Waals surface area contributed by atoms with Crippen molar-refractivity contribution >= 4 is 160 Å². The second-order valence-corrected chi connectivity index (χ2v) is 40.3. The fourth-order valence-corrected chi connectivity index (χ4v) is 24.6. The summed E-state index contributed by atoms with van der Waals surface area (Å²) in [5.41, 5.74) is 31.5. The SMILES string of the molecule is c1ccc(-c2cc(-c3ccc(-c4cccc5sc6ccccc6c45)c4oc5ccccc5c34)nc(-c3cccc(-c4ccccn4)c3)n2)cc1.c1ccc(-c2cc(-c3cccc(-c4ccccn4)c3)nc(-c3ccc(-c4cccc5sc6ccccc6c45)c4oc5ccccc5c34)n2)cc1.c1ccc(-c2nc(-c3cccc(-c4ccccn4)c3)cc(-c3ccc(-c4cccc5sc6ccccc6c45)c4oc5ccccc5c34)n2)cc1. The summed E-state index contributed by atoms with van der Waals surface area (Å²) in [6.45, 7) is 0. The van der Waals surface area contributed by atoms with Gasteiger partial charge in [-0.05, 0) is 168 Å². The molecule has 12 heterocycles. The molecule has 0 aliphatic heterocycles. The summed E-state index contributed by atoms with van der Waals surface area (Å²) in [5.74, 6) is 1.96. The second kappa shape index (κ2) is 37.7. The topological polar surface area (TPSA) is 155 Å². The quantitative estimate of drug-likeness (QED) is 0.0959. The zero-order valence-electron chi connectivity index (χ0n) is 80.2. The highest BCUT2D eigenvalue weighted by atomic mass is 32.1. The second-order valence-electron chi connectivity index (χ2n) is 37.1. The maximum Gasteiger partial charge on any atom is 0.161 e. The lowest BCUT2D eigenvalue weighted by Gasteiger charge is -2.13. The summed E-state index contributed by atoms with van der Waals surface area (Å²) in [7, 11) is 0. The summed E-state index contributed by atoms with van der Waals surface area (Å²) >= 11 is 5.48. The Morgan fingerprint density at radius 1 is 0.147 bits per heavy atom. The van der Waals surface area contributed by atoms with Crippen LogP contribution in [0.5, 0.6) is 0 Å². The van der Waals surface area contributed by atoms with E-state index in [1.54, 1.807) is 0 Å². The Balaban J connectivity index is 0.000000108. The summed E-state index contributed by atoms with van der Waals surface area (Å²) < 4.78 is 28.0. The molecule has 0 amide bonds. The highest BCUT2D eigenvalue weighted by Crippen LogP contribution is 2.52. The molecule has 30 aromatic rings. The number of thiophene rings is 3. The van der Waals surface area contributed by atoms with E-state index in [1.165, 1.54) is 60.5 Å². The van der Waals surface area contributed by atoms with Gasteiger partial charge >= 0.3 is 0 Å². The normalized spacial score (nSPS) is 11.6. The van der Waals surface area contributed by atoms with E-state index in [9.17, 15) is 0 Å². The zero-order chi connectivity index (χ0) is 99.1. The average Bonchev–Trinajstić information content (AvgIpc) is 1.26. The van der Waals surface area contributed by atoms with E-state index in [4.69, 9.17) is 43.2 Å². The first-order valence-corrected chi connectivity index (χ1v) is 52.3. The molecule has 150 heavy (non-hydrogen) atoms. The standard InChI is InChI=1S/3C45H27N3OS/c1-2-12-28(13-3-1)45-47-37(30-15-10-14-29(26-30)36-19-8-9-25-46-36)27-38(48-45)33-24-23-32(44-43(33)34-16-4-6-20-39(34)49-44)31-18-11-22-41-42(31)35-17-5-7-21-40(35)50-41;1-2-12-28(13-3-1)37-27-38(48-45(47-37)30-15-10-14-29(26-30)36-19-8-9-25-46-36)33-24-23-32(44-43(33)34-16-4-6-20-39(34)49-44)31-18-11-22-41-42(31)35-17-5-7-21-40(35)50-41;1-2-12-28(13-3-1)37-27-38(30-15-10-14-29(26-30)36-19-8-9-25-46-36)48-45(47-37)35-24-23-32(44-43(35)33-16-4-6-20-39(33)49-44)31-18-11-22-41-42(31)34-17-5-7-21-40(34)50-41/h3*1-27H. The Morgan fingerprint density at radius 3 is 0.787 bits per heavy atom. The van der Waals surface area contributed by atoms with Crippen LogP contribution in [0.3, 0.4) is 0 Å². The van der Waals surface area contributed by atoms with Gasteiger partial charge in [0.1, 0.15) is 33.5 Å². The highest BCUT2D eigenvalue weighted by molar-refractivity contribution is 7.26. The molecule has 0 aliphatic rings. The van der Waals surface area contributed by atoms with E-state index in [2.05, 4.69) is 336 Å². The minimum Gasteiger partial charge on any atom is -0.455 e. The molecule has 0 radical (unpaired) electrons. The minimum absolute atomic E-state index is 0.645. The summed E-state index contributed by atoms with van der Waals surface area (Å²) in [5, 5.41) is 13.8. The number of hydrogen-bond acceptors (Lipinski definition) is 15. The lowest BCUT2D eigenvalue weighted by molar-refractivity contribution is 0.669. The molecule has 30 rings (SSSR count). The van der Waals surface area contributed by atoms with Crippen LogP contribution in [-0.4, -0.2) is 44.9 Å². The molecule has 0 unspecified atom stereocenters. The molecule has 0 atom stereocenters. The van der Waals surface area contributed by atoms with Gasteiger partial charge in [0.15, 0.2) is 17.5 Å². The molecule has 12 nitrogen and oxygen atoms in total. The number of fused-ring (bicyclic) bond motifs is 18. The monoisotopic (exact) mass is 1970 g/mol. The highest BCUT2D eigenvalue weighted by Gasteiger charge is 2.29. The fraction of sp³-hybridized carbons (Fsp3) is 0. The lowest BCUT2D eigenvalue weighted by atomic mass is 9.94. The van der Waals surface area contributed by atoms with E-state index < -0.39 is 0 Å². The summed E-state index contributed by atoms with van der Waals surface area (Å²) in [4.78, 5) is 45.1. The predicted molar refractivity (Wildman–Crippen MR) is 622 cm³/mol. The van der Waals surface area contributed by atoms with Crippen LogP contribution >= 0.6 is 34.0 Å². The molecule has 0 saturated carbocycles. The maximum atomic E-state index is 6.79. The third kappa shape index (κ3) is 16.0. The predicted octanol–water partition coefficient (Wildman–Crippen LogP) is 37.4. The van der Waals surface area contributed by atoms with Crippen molar-refractivity contribution in [3.8, 4) is 169 Å².